The number of rotatable bonds is 8. The van der Waals surface area contributed by atoms with Crippen LogP contribution in [0.15, 0.2) is 36.4 Å². The molecule has 0 bridgehead atoms. The Bertz CT molecular complexity index is 951. The molecule has 30 heavy (non-hydrogen) atoms. The van der Waals surface area contributed by atoms with Crippen molar-refractivity contribution in [1.29, 1.82) is 0 Å². The molecule has 0 amide bonds. The highest BCUT2D eigenvalue weighted by atomic mass is 16.5. The number of benzene rings is 1. The largest absolute Gasteiger partial charge is 0.383 e. The van der Waals surface area contributed by atoms with Gasteiger partial charge in [0.1, 0.15) is 0 Å². The minimum absolute atomic E-state index is 0.416. The minimum Gasteiger partial charge on any atom is -0.383 e. The fraction of sp³-hybridized carbons (Fsp3) is 0.500. The van der Waals surface area contributed by atoms with E-state index in [0.29, 0.717) is 6.04 Å². The molecule has 4 rings (SSSR count). The smallest absolute Gasteiger partial charge is 0.201 e. The van der Waals surface area contributed by atoms with Crippen molar-refractivity contribution in [2.24, 2.45) is 0 Å². The molecule has 1 fully saturated rings. The zero-order valence-electron chi connectivity index (χ0n) is 18.1. The first-order chi connectivity index (χ1) is 14.6. The standard InChI is InChI=1S/C22H31N7O/c1-17-24-25-22-20(23-19-9-11-28(12-10-19)13-14-30-3)15-21(26-29(17)22)27(2)16-18-7-5-4-6-8-18/h4-8,15,19,23H,9-14,16H2,1-3H3. The summed E-state index contributed by atoms with van der Waals surface area (Å²) < 4.78 is 7.05. The molecule has 0 aliphatic carbocycles. The number of methoxy groups -OCH3 is 1. The first-order valence-corrected chi connectivity index (χ1v) is 10.6. The third-order valence-corrected chi connectivity index (χ3v) is 5.73. The summed E-state index contributed by atoms with van der Waals surface area (Å²) in [7, 11) is 3.83. The second-order valence-corrected chi connectivity index (χ2v) is 7.99. The Morgan fingerprint density at radius 1 is 1.17 bits per heavy atom. The van der Waals surface area contributed by atoms with Gasteiger partial charge in [0.2, 0.25) is 5.65 Å². The van der Waals surface area contributed by atoms with E-state index in [4.69, 9.17) is 9.84 Å². The molecule has 160 valence electrons. The van der Waals surface area contributed by atoms with Gasteiger partial charge in [0, 0.05) is 52.4 Å². The third-order valence-electron chi connectivity index (χ3n) is 5.73. The van der Waals surface area contributed by atoms with Crippen molar-refractivity contribution in [1.82, 2.24) is 24.7 Å². The molecule has 0 saturated carbocycles. The Balaban J connectivity index is 1.51. The molecule has 3 heterocycles. The number of aromatic nitrogens is 4. The van der Waals surface area contributed by atoms with Crippen LogP contribution < -0.4 is 10.2 Å². The van der Waals surface area contributed by atoms with E-state index in [1.807, 2.05) is 17.5 Å². The fourth-order valence-electron chi connectivity index (χ4n) is 3.94. The number of anilines is 2. The third kappa shape index (κ3) is 4.71. The van der Waals surface area contributed by atoms with Crippen molar-refractivity contribution in [3.63, 3.8) is 0 Å². The maximum absolute atomic E-state index is 5.21. The molecule has 8 heteroatoms. The van der Waals surface area contributed by atoms with Gasteiger partial charge in [0.15, 0.2) is 11.6 Å². The average molecular weight is 410 g/mol. The summed E-state index contributed by atoms with van der Waals surface area (Å²) in [6, 6.07) is 13.0. The number of piperidine rings is 1. The van der Waals surface area contributed by atoms with E-state index in [0.717, 1.165) is 68.6 Å². The van der Waals surface area contributed by atoms with Crippen LogP contribution in [-0.2, 0) is 11.3 Å². The molecular formula is C22H31N7O. The van der Waals surface area contributed by atoms with E-state index in [1.54, 1.807) is 7.11 Å². The van der Waals surface area contributed by atoms with Crippen LogP contribution in [0.1, 0.15) is 24.2 Å². The Hall–Kier alpha value is -2.71. The topological polar surface area (TPSA) is 70.8 Å². The van der Waals surface area contributed by atoms with Crippen LogP contribution in [0.2, 0.25) is 0 Å². The lowest BCUT2D eigenvalue weighted by Gasteiger charge is -2.32. The molecule has 8 nitrogen and oxygen atoms in total. The molecule has 0 atom stereocenters. The van der Waals surface area contributed by atoms with Crippen molar-refractivity contribution in [2.75, 3.05) is 50.6 Å². The summed E-state index contributed by atoms with van der Waals surface area (Å²) in [5, 5.41) is 17.1. The van der Waals surface area contributed by atoms with Gasteiger partial charge in [-0.3, -0.25) is 0 Å². The number of nitrogens with one attached hydrogen (secondary N) is 1. The van der Waals surface area contributed by atoms with E-state index >= 15 is 0 Å². The zero-order chi connectivity index (χ0) is 20.9. The SMILES string of the molecule is COCCN1CCC(Nc2cc(N(C)Cc3ccccc3)nn3c(C)nnc23)CC1. The molecule has 1 saturated heterocycles. The van der Waals surface area contributed by atoms with E-state index in [9.17, 15) is 0 Å². The summed E-state index contributed by atoms with van der Waals surface area (Å²) in [5.74, 6) is 1.69. The van der Waals surface area contributed by atoms with Gasteiger partial charge in [-0.15, -0.1) is 15.3 Å². The summed E-state index contributed by atoms with van der Waals surface area (Å²) in [5.41, 5.74) is 3.03. The normalized spacial score (nSPS) is 15.6. The summed E-state index contributed by atoms with van der Waals surface area (Å²) in [4.78, 5) is 4.62. The highest BCUT2D eigenvalue weighted by molar-refractivity contribution is 5.70. The van der Waals surface area contributed by atoms with E-state index < -0.39 is 0 Å². The Morgan fingerprint density at radius 3 is 2.67 bits per heavy atom. The van der Waals surface area contributed by atoms with Crippen molar-refractivity contribution in [2.45, 2.75) is 32.4 Å². The number of nitrogens with zero attached hydrogens (tertiary/aromatic N) is 6. The molecule has 3 aromatic rings. The number of fused-ring (bicyclic) bond motifs is 1. The number of hydrogen-bond acceptors (Lipinski definition) is 7. The van der Waals surface area contributed by atoms with Gasteiger partial charge >= 0.3 is 0 Å². The Labute approximate surface area is 177 Å². The van der Waals surface area contributed by atoms with Gasteiger partial charge in [0.25, 0.3) is 0 Å². The van der Waals surface area contributed by atoms with Crippen LogP contribution in [0.4, 0.5) is 11.5 Å². The van der Waals surface area contributed by atoms with Gasteiger partial charge in [-0.1, -0.05) is 30.3 Å². The average Bonchev–Trinajstić information content (AvgIpc) is 3.15. The molecule has 1 aromatic carbocycles. The predicted molar refractivity (Wildman–Crippen MR) is 119 cm³/mol. The Morgan fingerprint density at radius 2 is 1.93 bits per heavy atom. The highest BCUT2D eigenvalue weighted by Crippen LogP contribution is 2.25. The van der Waals surface area contributed by atoms with Crippen LogP contribution in [-0.4, -0.2) is 71.2 Å². The van der Waals surface area contributed by atoms with E-state index in [-0.39, 0.29) is 0 Å². The second-order valence-electron chi connectivity index (χ2n) is 7.99. The maximum Gasteiger partial charge on any atom is 0.201 e. The van der Waals surface area contributed by atoms with E-state index in [1.165, 1.54) is 5.56 Å². The quantitative estimate of drug-likeness (QED) is 0.613. The molecular weight excluding hydrogens is 378 g/mol. The van der Waals surface area contributed by atoms with Crippen molar-refractivity contribution >= 4 is 17.2 Å². The van der Waals surface area contributed by atoms with Gasteiger partial charge in [-0.25, -0.2) is 0 Å². The van der Waals surface area contributed by atoms with Gasteiger partial charge in [0.05, 0.1) is 12.3 Å². The number of likely N-dealkylation sites (tertiary alicyclic amines) is 1. The van der Waals surface area contributed by atoms with Crippen molar-refractivity contribution in [3.8, 4) is 0 Å². The lowest BCUT2D eigenvalue weighted by Crippen LogP contribution is -2.40. The van der Waals surface area contributed by atoms with Crippen LogP contribution in [0.5, 0.6) is 0 Å². The molecule has 0 spiro atoms. The molecule has 2 aromatic heterocycles. The molecule has 0 unspecified atom stereocenters. The van der Waals surface area contributed by atoms with E-state index in [2.05, 4.69) is 62.7 Å². The van der Waals surface area contributed by atoms with Gasteiger partial charge < -0.3 is 19.9 Å². The van der Waals surface area contributed by atoms with Crippen molar-refractivity contribution in [3.05, 3.63) is 47.8 Å². The molecule has 1 aliphatic rings. The summed E-state index contributed by atoms with van der Waals surface area (Å²) in [6.45, 7) is 6.67. The van der Waals surface area contributed by atoms with Crippen LogP contribution in [0, 0.1) is 6.92 Å². The van der Waals surface area contributed by atoms with Crippen LogP contribution in [0.3, 0.4) is 0 Å². The highest BCUT2D eigenvalue weighted by Gasteiger charge is 2.21. The zero-order valence-corrected chi connectivity index (χ0v) is 18.1. The van der Waals surface area contributed by atoms with Crippen LogP contribution >= 0.6 is 0 Å². The molecule has 1 N–H and O–H groups in total. The summed E-state index contributed by atoms with van der Waals surface area (Å²) in [6.07, 6.45) is 2.20. The van der Waals surface area contributed by atoms with Crippen molar-refractivity contribution < 1.29 is 4.74 Å². The second kappa shape index (κ2) is 9.40. The first-order valence-electron chi connectivity index (χ1n) is 10.6. The number of ether oxygens (including phenoxy) is 1. The predicted octanol–water partition coefficient (Wildman–Crippen LogP) is 2.59. The lowest BCUT2D eigenvalue weighted by molar-refractivity contribution is 0.132. The van der Waals surface area contributed by atoms with Gasteiger partial charge in [-0.2, -0.15) is 4.52 Å². The monoisotopic (exact) mass is 409 g/mol. The molecule has 1 aliphatic heterocycles. The Kier molecular flexibility index (Phi) is 6.44. The van der Waals surface area contributed by atoms with Gasteiger partial charge in [-0.05, 0) is 25.3 Å². The maximum atomic E-state index is 5.21. The number of aryl methyl sites for hydroxylation is 1. The minimum atomic E-state index is 0.416. The van der Waals surface area contributed by atoms with Crippen LogP contribution in [0.25, 0.3) is 5.65 Å². The lowest BCUT2D eigenvalue weighted by atomic mass is 10.0. The first kappa shape index (κ1) is 20.6. The number of hydrogen-bond donors (Lipinski definition) is 1. The summed E-state index contributed by atoms with van der Waals surface area (Å²) >= 11 is 0. The fourth-order valence-corrected chi connectivity index (χ4v) is 3.94. The molecule has 0 radical (unpaired) electrons.